The minimum Gasteiger partial charge on any atom is -0.495 e. The van der Waals surface area contributed by atoms with E-state index in [2.05, 4.69) is 5.32 Å². The van der Waals surface area contributed by atoms with Gasteiger partial charge in [0.2, 0.25) is 17.7 Å². The number of rotatable bonds is 5. The molecule has 2 aromatic carbocycles. The van der Waals surface area contributed by atoms with Crippen molar-refractivity contribution in [1.82, 2.24) is 0 Å². The Morgan fingerprint density at radius 1 is 1.15 bits per heavy atom. The van der Waals surface area contributed by atoms with E-state index in [0.717, 1.165) is 0 Å². The number of anilines is 2. The van der Waals surface area contributed by atoms with Gasteiger partial charge in [-0.1, -0.05) is 12.1 Å². The van der Waals surface area contributed by atoms with E-state index in [1.807, 2.05) is 12.1 Å². The Morgan fingerprint density at radius 2 is 1.85 bits per heavy atom. The number of ether oxygens (including phenoxy) is 1. The second-order valence-electron chi connectivity index (χ2n) is 6.01. The normalized spacial score (nSPS) is 16.4. The third-order valence-corrected chi connectivity index (χ3v) is 4.31. The number of methoxy groups -OCH3 is 1. The SMILES string of the molecule is COc1ccccc1N1C[C@@H](C(=O)Nc2ccc(C(N)=O)cc2)CC1=O. The van der Waals surface area contributed by atoms with Crippen molar-refractivity contribution in [2.24, 2.45) is 11.7 Å². The minimum atomic E-state index is -0.531. The second kappa shape index (κ2) is 7.26. The van der Waals surface area contributed by atoms with E-state index in [1.165, 1.54) is 0 Å². The van der Waals surface area contributed by atoms with E-state index in [-0.39, 0.29) is 24.8 Å². The molecule has 1 heterocycles. The van der Waals surface area contributed by atoms with Gasteiger partial charge in [-0.25, -0.2) is 0 Å². The lowest BCUT2D eigenvalue weighted by atomic mass is 10.1. The number of nitrogens with one attached hydrogen (secondary N) is 1. The van der Waals surface area contributed by atoms with Crippen LogP contribution in [0, 0.1) is 5.92 Å². The molecule has 1 fully saturated rings. The molecule has 26 heavy (non-hydrogen) atoms. The molecule has 3 rings (SSSR count). The number of nitrogens with two attached hydrogens (primary N) is 1. The van der Waals surface area contributed by atoms with Gasteiger partial charge >= 0.3 is 0 Å². The largest absolute Gasteiger partial charge is 0.495 e. The molecule has 3 N–H and O–H groups in total. The fraction of sp³-hybridized carbons (Fsp3) is 0.211. The Bertz CT molecular complexity index is 848. The van der Waals surface area contributed by atoms with Crippen LogP contribution < -0.4 is 20.7 Å². The van der Waals surface area contributed by atoms with Gasteiger partial charge in [0, 0.05) is 24.2 Å². The van der Waals surface area contributed by atoms with Gasteiger partial charge in [-0.15, -0.1) is 0 Å². The molecule has 2 aromatic rings. The molecule has 7 nitrogen and oxygen atoms in total. The van der Waals surface area contributed by atoms with E-state index in [1.54, 1.807) is 48.4 Å². The first-order valence-electron chi connectivity index (χ1n) is 8.13. The van der Waals surface area contributed by atoms with E-state index >= 15 is 0 Å². The van der Waals surface area contributed by atoms with Crippen LogP contribution in [0.3, 0.4) is 0 Å². The van der Waals surface area contributed by atoms with Crippen LogP contribution in [0.1, 0.15) is 16.8 Å². The van der Waals surface area contributed by atoms with Crippen LogP contribution >= 0.6 is 0 Å². The number of hydrogen-bond acceptors (Lipinski definition) is 4. The third kappa shape index (κ3) is 3.51. The van der Waals surface area contributed by atoms with E-state index in [4.69, 9.17) is 10.5 Å². The maximum atomic E-state index is 12.5. The molecule has 1 aliphatic rings. The highest BCUT2D eigenvalue weighted by atomic mass is 16.5. The molecular formula is C19H19N3O4. The Hall–Kier alpha value is -3.35. The number of benzene rings is 2. The highest BCUT2D eigenvalue weighted by molar-refractivity contribution is 6.04. The minimum absolute atomic E-state index is 0.126. The maximum Gasteiger partial charge on any atom is 0.248 e. The summed E-state index contributed by atoms with van der Waals surface area (Å²) in [5.74, 6) is -0.787. The maximum absolute atomic E-state index is 12.5. The van der Waals surface area contributed by atoms with Gasteiger partial charge < -0.3 is 20.7 Å². The topological polar surface area (TPSA) is 102 Å². The van der Waals surface area contributed by atoms with Crippen molar-refractivity contribution < 1.29 is 19.1 Å². The highest BCUT2D eigenvalue weighted by Crippen LogP contribution is 2.33. The number of carbonyl (C=O) groups excluding carboxylic acids is 3. The molecule has 0 saturated carbocycles. The molecule has 1 saturated heterocycles. The zero-order chi connectivity index (χ0) is 18.7. The van der Waals surface area contributed by atoms with Crippen LogP contribution in [0.5, 0.6) is 5.75 Å². The van der Waals surface area contributed by atoms with Crippen LogP contribution in [-0.2, 0) is 9.59 Å². The smallest absolute Gasteiger partial charge is 0.248 e. The molecule has 0 aromatic heterocycles. The lowest BCUT2D eigenvalue weighted by Crippen LogP contribution is -2.28. The summed E-state index contributed by atoms with van der Waals surface area (Å²) < 4.78 is 5.30. The first-order valence-corrected chi connectivity index (χ1v) is 8.13. The summed E-state index contributed by atoms with van der Waals surface area (Å²) in [4.78, 5) is 37.5. The van der Waals surface area contributed by atoms with Gasteiger partial charge in [-0.05, 0) is 36.4 Å². The lowest BCUT2D eigenvalue weighted by molar-refractivity contribution is -0.122. The van der Waals surface area contributed by atoms with Crippen LogP contribution in [0.15, 0.2) is 48.5 Å². The number of primary amides is 1. The summed E-state index contributed by atoms with van der Waals surface area (Å²) in [6, 6.07) is 13.5. The van der Waals surface area contributed by atoms with Gasteiger partial charge in [-0.3, -0.25) is 14.4 Å². The molecule has 0 spiro atoms. The van der Waals surface area contributed by atoms with Gasteiger partial charge in [0.25, 0.3) is 0 Å². The Morgan fingerprint density at radius 3 is 2.50 bits per heavy atom. The number of carbonyl (C=O) groups is 3. The van der Waals surface area contributed by atoms with Crippen molar-refractivity contribution in [3.63, 3.8) is 0 Å². The molecule has 0 radical (unpaired) electrons. The fourth-order valence-corrected chi connectivity index (χ4v) is 2.93. The van der Waals surface area contributed by atoms with Gasteiger partial charge in [0.1, 0.15) is 5.75 Å². The summed E-state index contributed by atoms with van der Waals surface area (Å²) in [5, 5.41) is 2.77. The number of para-hydroxylation sites is 2. The first-order chi connectivity index (χ1) is 12.5. The standard InChI is InChI=1S/C19H19N3O4/c1-26-16-5-3-2-4-15(16)22-11-13(10-17(22)23)19(25)21-14-8-6-12(7-9-14)18(20)24/h2-9,13H,10-11H2,1H3,(H2,20,24)(H,21,25)/t13-/m0/s1. The zero-order valence-electron chi connectivity index (χ0n) is 14.3. The van der Waals surface area contributed by atoms with Gasteiger partial charge in [0.15, 0.2) is 0 Å². The average Bonchev–Trinajstić information content (AvgIpc) is 3.04. The van der Waals surface area contributed by atoms with Crippen molar-refractivity contribution in [1.29, 1.82) is 0 Å². The Balaban J connectivity index is 1.70. The monoisotopic (exact) mass is 353 g/mol. The molecule has 1 aliphatic heterocycles. The molecule has 134 valence electrons. The molecule has 1 atom stereocenters. The Kier molecular flexibility index (Phi) is 4.88. The van der Waals surface area contributed by atoms with Crippen LogP contribution in [0.25, 0.3) is 0 Å². The lowest BCUT2D eigenvalue weighted by Gasteiger charge is -2.19. The van der Waals surface area contributed by atoms with Gasteiger partial charge in [0.05, 0.1) is 18.7 Å². The molecule has 7 heteroatoms. The highest BCUT2D eigenvalue weighted by Gasteiger charge is 2.36. The number of amides is 3. The quantitative estimate of drug-likeness (QED) is 0.855. The predicted octanol–water partition coefficient (Wildman–Crippen LogP) is 1.79. The molecule has 0 unspecified atom stereocenters. The van der Waals surface area contributed by atoms with Crippen molar-refractivity contribution in [3.8, 4) is 5.75 Å². The number of hydrogen-bond donors (Lipinski definition) is 2. The van der Waals surface area contributed by atoms with Crippen molar-refractivity contribution >= 4 is 29.1 Å². The third-order valence-electron chi connectivity index (χ3n) is 4.31. The number of nitrogens with zero attached hydrogens (tertiary/aromatic N) is 1. The van der Waals surface area contributed by atoms with Crippen molar-refractivity contribution in [3.05, 3.63) is 54.1 Å². The summed E-state index contributed by atoms with van der Waals surface area (Å²) in [6.07, 6.45) is 0.128. The van der Waals surface area contributed by atoms with Crippen LogP contribution in [-0.4, -0.2) is 31.4 Å². The summed E-state index contributed by atoms with van der Waals surface area (Å²) in [5.41, 5.74) is 6.76. The Labute approximate surface area is 150 Å². The van der Waals surface area contributed by atoms with Crippen LogP contribution in [0.2, 0.25) is 0 Å². The van der Waals surface area contributed by atoms with Gasteiger partial charge in [-0.2, -0.15) is 0 Å². The van der Waals surface area contributed by atoms with E-state index in [9.17, 15) is 14.4 Å². The van der Waals surface area contributed by atoms with Crippen molar-refractivity contribution in [2.45, 2.75) is 6.42 Å². The average molecular weight is 353 g/mol. The molecule has 0 aliphatic carbocycles. The summed E-state index contributed by atoms with van der Waals surface area (Å²) >= 11 is 0. The summed E-state index contributed by atoms with van der Waals surface area (Å²) in [7, 11) is 1.54. The van der Waals surface area contributed by atoms with E-state index in [0.29, 0.717) is 22.7 Å². The summed E-state index contributed by atoms with van der Waals surface area (Å²) in [6.45, 7) is 0.282. The second-order valence-corrected chi connectivity index (χ2v) is 6.01. The van der Waals surface area contributed by atoms with E-state index < -0.39 is 11.8 Å². The zero-order valence-corrected chi connectivity index (χ0v) is 14.3. The predicted molar refractivity (Wildman–Crippen MR) is 97.0 cm³/mol. The molecular weight excluding hydrogens is 334 g/mol. The van der Waals surface area contributed by atoms with Crippen molar-refractivity contribution in [2.75, 3.05) is 23.9 Å². The fourth-order valence-electron chi connectivity index (χ4n) is 2.93. The molecule has 3 amide bonds. The van der Waals surface area contributed by atoms with Crippen LogP contribution in [0.4, 0.5) is 11.4 Å². The first kappa shape index (κ1) is 17.5. The molecule has 0 bridgehead atoms.